The van der Waals surface area contributed by atoms with E-state index in [1.807, 2.05) is 19.9 Å². The molecule has 0 saturated carbocycles. The fourth-order valence-corrected chi connectivity index (χ4v) is 5.62. The predicted molar refractivity (Wildman–Crippen MR) is 132 cm³/mol. The van der Waals surface area contributed by atoms with Crippen LogP contribution in [-0.4, -0.2) is 69.9 Å². The highest BCUT2D eigenvalue weighted by molar-refractivity contribution is 7.99. The zero-order chi connectivity index (χ0) is 24.4. The number of hydrogen-bond acceptors (Lipinski definition) is 7. The molecule has 0 radical (unpaired) electrons. The van der Waals surface area contributed by atoms with Crippen LogP contribution in [0.25, 0.3) is 5.69 Å². The van der Waals surface area contributed by atoms with Crippen molar-refractivity contribution in [2.24, 2.45) is 0 Å². The summed E-state index contributed by atoms with van der Waals surface area (Å²) in [6.45, 7) is 8.02. The van der Waals surface area contributed by atoms with Crippen molar-refractivity contribution in [2.75, 3.05) is 43.6 Å². The van der Waals surface area contributed by atoms with Gasteiger partial charge in [0.25, 0.3) is 0 Å². The molecule has 3 aromatic rings. The van der Waals surface area contributed by atoms with Gasteiger partial charge in [-0.05, 0) is 44.9 Å². The lowest BCUT2D eigenvalue weighted by molar-refractivity contribution is 0.0942. The number of hydrogen-bond donors (Lipinski definition) is 0. The van der Waals surface area contributed by atoms with E-state index in [1.165, 1.54) is 17.8 Å². The van der Waals surface area contributed by atoms with Gasteiger partial charge in [0.2, 0.25) is 5.95 Å². The number of aryl methyl sites for hydroxylation is 1. The third-order valence-corrected chi connectivity index (χ3v) is 7.53. The van der Waals surface area contributed by atoms with Crippen LogP contribution in [0.15, 0.2) is 35.5 Å². The lowest BCUT2D eigenvalue weighted by atomic mass is 10.2. The Labute approximate surface area is 208 Å². The van der Waals surface area contributed by atoms with Gasteiger partial charge in [0.1, 0.15) is 5.82 Å². The van der Waals surface area contributed by atoms with Crippen LogP contribution in [-0.2, 0) is 16.0 Å². The molecule has 5 rings (SSSR count). The van der Waals surface area contributed by atoms with E-state index in [0.717, 1.165) is 49.9 Å². The number of Topliss-reactive ketones (excluding diaryl/α,β-unsaturated/α-hetero) is 1. The molecule has 10 heteroatoms. The minimum atomic E-state index is -0.319. The fourth-order valence-electron chi connectivity index (χ4n) is 4.79. The molecule has 0 spiro atoms. The van der Waals surface area contributed by atoms with E-state index in [2.05, 4.69) is 19.7 Å². The number of thioether (sulfide) groups is 1. The summed E-state index contributed by atoms with van der Waals surface area (Å²) in [6.07, 6.45) is 2.19. The molecule has 4 heterocycles. The Morgan fingerprint density at radius 1 is 1.17 bits per heavy atom. The number of para-hydroxylation sites is 1. The predicted octanol–water partition coefficient (Wildman–Crippen LogP) is 3.82. The van der Waals surface area contributed by atoms with E-state index in [9.17, 15) is 9.18 Å². The van der Waals surface area contributed by atoms with Gasteiger partial charge in [-0.1, -0.05) is 23.9 Å². The average molecular weight is 500 g/mol. The molecule has 186 valence electrons. The third-order valence-electron chi connectivity index (χ3n) is 6.56. The van der Waals surface area contributed by atoms with Crippen LogP contribution >= 0.6 is 11.8 Å². The second-order valence-electron chi connectivity index (χ2n) is 8.91. The number of anilines is 1. The summed E-state index contributed by atoms with van der Waals surface area (Å²) in [5.74, 6) is 0.677. The van der Waals surface area contributed by atoms with Crippen molar-refractivity contribution in [1.29, 1.82) is 0 Å². The lowest BCUT2D eigenvalue weighted by Crippen LogP contribution is -2.38. The van der Waals surface area contributed by atoms with Gasteiger partial charge < -0.3 is 18.9 Å². The molecule has 1 atom stereocenters. The Bertz CT molecular complexity index is 1200. The number of morpholine rings is 1. The van der Waals surface area contributed by atoms with Crippen molar-refractivity contribution in [3.63, 3.8) is 0 Å². The number of carbonyl (C=O) groups excluding carboxylic acids is 1. The van der Waals surface area contributed by atoms with Crippen LogP contribution in [0.4, 0.5) is 10.3 Å². The van der Waals surface area contributed by atoms with Gasteiger partial charge in [0.15, 0.2) is 10.9 Å². The summed E-state index contributed by atoms with van der Waals surface area (Å²) >= 11 is 1.38. The maximum absolute atomic E-state index is 14.4. The van der Waals surface area contributed by atoms with Crippen LogP contribution < -0.4 is 4.90 Å². The molecule has 0 aliphatic carbocycles. The van der Waals surface area contributed by atoms with Gasteiger partial charge in [0.05, 0.1) is 37.3 Å². The zero-order valence-corrected chi connectivity index (χ0v) is 20.9. The second kappa shape index (κ2) is 10.5. The molecule has 8 nitrogen and oxygen atoms in total. The maximum atomic E-state index is 14.4. The summed E-state index contributed by atoms with van der Waals surface area (Å²) in [6, 6.07) is 8.44. The topological polar surface area (TPSA) is 74.4 Å². The van der Waals surface area contributed by atoms with Crippen LogP contribution in [0.2, 0.25) is 0 Å². The first kappa shape index (κ1) is 24.0. The van der Waals surface area contributed by atoms with Crippen molar-refractivity contribution in [2.45, 2.75) is 44.5 Å². The van der Waals surface area contributed by atoms with Crippen molar-refractivity contribution in [3.05, 3.63) is 53.1 Å². The smallest absolute Gasteiger partial charge is 0.228 e. The minimum absolute atomic E-state index is 0.0229. The highest BCUT2D eigenvalue weighted by Crippen LogP contribution is 2.28. The van der Waals surface area contributed by atoms with Gasteiger partial charge in [0, 0.05) is 36.6 Å². The van der Waals surface area contributed by atoms with E-state index in [1.54, 1.807) is 22.8 Å². The summed E-state index contributed by atoms with van der Waals surface area (Å²) in [5, 5.41) is 9.61. The monoisotopic (exact) mass is 499 g/mol. The van der Waals surface area contributed by atoms with Crippen molar-refractivity contribution < 1.29 is 18.7 Å². The Kier molecular flexibility index (Phi) is 7.22. The molecular weight excluding hydrogens is 469 g/mol. The molecule has 2 aromatic heterocycles. The van der Waals surface area contributed by atoms with E-state index < -0.39 is 0 Å². The fraction of sp³-hybridized carbons (Fsp3) is 0.480. The normalized spacial score (nSPS) is 18.4. The highest BCUT2D eigenvalue weighted by atomic mass is 32.2. The van der Waals surface area contributed by atoms with Crippen molar-refractivity contribution in [1.82, 2.24) is 19.3 Å². The Morgan fingerprint density at radius 3 is 2.71 bits per heavy atom. The SMILES string of the molecule is Cc1cc(C(=O)CSc2nnc(N3CCOCC3)n2CC2CCCO2)c(C)n1-c1ccccc1F. The zero-order valence-electron chi connectivity index (χ0n) is 20.1. The quantitative estimate of drug-likeness (QED) is 0.345. The largest absolute Gasteiger partial charge is 0.378 e. The van der Waals surface area contributed by atoms with E-state index in [0.29, 0.717) is 36.2 Å². The number of ketones is 1. The van der Waals surface area contributed by atoms with Gasteiger partial charge >= 0.3 is 0 Å². The molecule has 2 aliphatic heterocycles. The first-order valence-electron chi connectivity index (χ1n) is 12.0. The number of benzene rings is 1. The molecule has 1 aromatic carbocycles. The first-order valence-corrected chi connectivity index (χ1v) is 13.0. The Hall–Kier alpha value is -2.69. The lowest BCUT2D eigenvalue weighted by Gasteiger charge is -2.28. The highest BCUT2D eigenvalue weighted by Gasteiger charge is 2.26. The summed E-state index contributed by atoms with van der Waals surface area (Å²) in [5.41, 5.74) is 2.59. The van der Waals surface area contributed by atoms with Gasteiger partial charge in [-0.25, -0.2) is 4.39 Å². The molecule has 2 aliphatic rings. The average Bonchev–Trinajstić information content (AvgIpc) is 3.59. The van der Waals surface area contributed by atoms with Crippen LogP contribution in [0, 0.1) is 19.7 Å². The molecular formula is C25H30FN5O3S. The van der Waals surface area contributed by atoms with E-state index in [-0.39, 0.29) is 23.5 Å². The Morgan fingerprint density at radius 2 is 1.97 bits per heavy atom. The molecule has 35 heavy (non-hydrogen) atoms. The van der Waals surface area contributed by atoms with Crippen LogP contribution in [0.1, 0.15) is 34.6 Å². The summed E-state index contributed by atoms with van der Waals surface area (Å²) < 4.78 is 29.7. The second-order valence-corrected chi connectivity index (χ2v) is 9.85. The number of rotatable bonds is 8. The van der Waals surface area contributed by atoms with Crippen LogP contribution in [0.3, 0.4) is 0 Å². The summed E-state index contributed by atoms with van der Waals surface area (Å²) in [4.78, 5) is 15.4. The third kappa shape index (κ3) is 5.00. The van der Waals surface area contributed by atoms with Crippen molar-refractivity contribution in [3.8, 4) is 5.69 Å². The standard InChI is InChI=1S/C25H30FN5O3S/c1-17-14-20(18(2)31(17)22-8-4-3-7-21(22)26)23(32)16-35-25-28-27-24(29-9-12-33-13-10-29)30(25)15-19-6-5-11-34-19/h3-4,7-8,14,19H,5-6,9-13,15-16H2,1-2H3. The van der Waals surface area contributed by atoms with Crippen molar-refractivity contribution >= 4 is 23.5 Å². The number of aromatic nitrogens is 4. The van der Waals surface area contributed by atoms with E-state index >= 15 is 0 Å². The van der Waals surface area contributed by atoms with Gasteiger partial charge in [-0.3, -0.25) is 9.36 Å². The number of carbonyl (C=O) groups is 1. The molecule has 1 unspecified atom stereocenters. The molecule has 0 amide bonds. The van der Waals surface area contributed by atoms with Gasteiger partial charge in [-0.2, -0.15) is 0 Å². The van der Waals surface area contributed by atoms with Gasteiger partial charge in [-0.15, -0.1) is 10.2 Å². The molecule has 0 N–H and O–H groups in total. The minimum Gasteiger partial charge on any atom is -0.378 e. The summed E-state index contributed by atoms with van der Waals surface area (Å²) in [7, 11) is 0. The number of nitrogens with zero attached hydrogens (tertiary/aromatic N) is 5. The molecule has 2 fully saturated rings. The molecule has 0 bridgehead atoms. The maximum Gasteiger partial charge on any atom is 0.228 e. The number of ether oxygens (including phenoxy) is 2. The number of halogens is 1. The van der Waals surface area contributed by atoms with E-state index in [4.69, 9.17) is 9.47 Å². The Balaban J connectivity index is 1.36. The molecule has 2 saturated heterocycles. The van der Waals surface area contributed by atoms with Crippen LogP contribution in [0.5, 0.6) is 0 Å². The first-order chi connectivity index (χ1) is 17.0.